The summed E-state index contributed by atoms with van der Waals surface area (Å²) in [4.78, 5) is 12.6. The number of nitrogens with one attached hydrogen (secondary N) is 1. The summed E-state index contributed by atoms with van der Waals surface area (Å²) in [6.45, 7) is 2.75. The zero-order chi connectivity index (χ0) is 17.2. The fraction of sp³-hybridized carbons (Fsp3) is 0.333. The normalized spacial score (nSPS) is 14.8. The number of para-hydroxylation sites is 1. The average molecular weight is 336 g/mol. The molecular formula is C18H20N6O. The Morgan fingerprint density at radius 2 is 2.04 bits per heavy atom. The summed E-state index contributed by atoms with van der Waals surface area (Å²) in [6.07, 6.45) is 6.76. The van der Waals surface area contributed by atoms with Gasteiger partial charge in [0.15, 0.2) is 0 Å². The molecule has 1 amide bonds. The van der Waals surface area contributed by atoms with Crippen LogP contribution in [-0.4, -0.2) is 30.5 Å². The second-order valence-electron chi connectivity index (χ2n) is 6.30. The van der Waals surface area contributed by atoms with Crippen LogP contribution in [0.1, 0.15) is 47.8 Å². The first-order valence-corrected chi connectivity index (χ1v) is 8.55. The van der Waals surface area contributed by atoms with Crippen molar-refractivity contribution in [2.45, 2.75) is 38.8 Å². The van der Waals surface area contributed by atoms with Crippen LogP contribution in [0.15, 0.2) is 42.7 Å². The van der Waals surface area contributed by atoms with Crippen molar-refractivity contribution < 1.29 is 4.79 Å². The number of carbonyl (C=O) groups is 1. The van der Waals surface area contributed by atoms with Gasteiger partial charge in [0.05, 0.1) is 17.9 Å². The van der Waals surface area contributed by atoms with Crippen molar-refractivity contribution in [2.24, 2.45) is 0 Å². The molecule has 0 saturated heterocycles. The third-order valence-corrected chi connectivity index (χ3v) is 4.53. The molecule has 0 radical (unpaired) electrons. The molecule has 3 heterocycles. The van der Waals surface area contributed by atoms with Crippen LogP contribution in [0.5, 0.6) is 0 Å². The van der Waals surface area contributed by atoms with Gasteiger partial charge in [-0.1, -0.05) is 18.2 Å². The molecule has 2 aromatic heterocycles. The molecular weight excluding hydrogens is 316 g/mol. The Kier molecular flexibility index (Phi) is 4.05. The van der Waals surface area contributed by atoms with Gasteiger partial charge in [-0.05, 0) is 31.9 Å². The number of carbonyl (C=O) groups excluding carboxylic acids is 1. The molecule has 1 aliphatic heterocycles. The largest absolute Gasteiger partial charge is 0.343 e. The molecule has 4 rings (SSSR count). The lowest BCUT2D eigenvalue weighted by atomic mass is 10.1. The highest BCUT2D eigenvalue weighted by molar-refractivity contribution is 5.91. The van der Waals surface area contributed by atoms with E-state index in [0.717, 1.165) is 42.9 Å². The first-order chi connectivity index (χ1) is 12.2. The van der Waals surface area contributed by atoms with Crippen molar-refractivity contribution >= 4 is 5.91 Å². The minimum atomic E-state index is -0.194. The van der Waals surface area contributed by atoms with E-state index in [0.29, 0.717) is 5.82 Å². The van der Waals surface area contributed by atoms with Gasteiger partial charge in [-0.3, -0.25) is 4.79 Å². The maximum absolute atomic E-state index is 12.6. The van der Waals surface area contributed by atoms with Gasteiger partial charge in [0.1, 0.15) is 5.82 Å². The average Bonchev–Trinajstić information content (AvgIpc) is 3.30. The van der Waals surface area contributed by atoms with Crippen molar-refractivity contribution in [3.8, 4) is 5.69 Å². The quantitative estimate of drug-likeness (QED) is 0.793. The lowest BCUT2D eigenvalue weighted by molar-refractivity contribution is 0.0923. The molecule has 1 aliphatic rings. The third-order valence-electron chi connectivity index (χ3n) is 4.53. The predicted molar refractivity (Wildman–Crippen MR) is 92.4 cm³/mol. The lowest BCUT2D eigenvalue weighted by Gasteiger charge is -2.16. The number of aryl methyl sites for hydroxylation is 1. The van der Waals surface area contributed by atoms with Crippen LogP contribution in [0.2, 0.25) is 0 Å². The fourth-order valence-electron chi connectivity index (χ4n) is 3.10. The Morgan fingerprint density at radius 3 is 2.88 bits per heavy atom. The molecule has 3 aromatic rings. The number of hydrogen-bond acceptors (Lipinski definition) is 4. The van der Waals surface area contributed by atoms with Crippen LogP contribution in [0.25, 0.3) is 5.69 Å². The Bertz CT molecular complexity index is 882. The van der Waals surface area contributed by atoms with Crippen molar-refractivity contribution in [3.63, 3.8) is 0 Å². The third kappa shape index (κ3) is 3.05. The van der Waals surface area contributed by atoms with Crippen LogP contribution >= 0.6 is 0 Å². The summed E-state index contributed by atoms with van der Waals surface area (Å²) >= 11 is 0. The second-order valence-corrected chi connectivity index (χ2v) is 6.30. The highest BCUT2D eigenvalue weighted by Gasteiger charge is 2.22. The first kappa shape index (κ1) is 15.6. The van der Waals surface area contributed by atoms with E-state index >= 15 is 0 Å². The summed E-state index contributed by atoms with van der Waals surface area (Å²) < 4.78 is 3.73. The van der Waals surface area contributed by atoms with Gasteiger partial charge < -0.3 is 9.88 Å². The van der Waals surface area contributed by atoms with E-state index in [4.69, 9.17) is 0 Å². The lowest BCUT2D eigenvalue weighted by Crippen LogP contribution is -2.30. The molecule has 0 bridgehead atoms. The van der Waals surface area contributed by atoms with Crippen LogP contribution in [0, 0.1) is 0 Å². The number of fused-ring (bicyclic) bond motifs is 1. The molecule has 1 unspecified atom stereocenters. The van der Waals surface area contributed by atoms with Gasteiger partial charge >= 0.3 is 0 Å². The SMILES string of the molecule is CC(NC(=O)c1nnc2n1CCCC2)c1cnn(-c2ccccc2)c1. The smallest absolute Gasteiger partial charge is 0.289 e. The topological polar surface area (TPSA) is 77.6 Å². The number of benzene rings is 1. The van der Waals surface area contributed by atoms with Gasteiger partial charge in [-0.15, -0.1) is 10.2 Å². The van der Waals surface area contributed by atoms with E-state index in [1.165, 1.54) is 0 Å². The molecule has 1 aromatic carbocycles. The molecule has 7 heteroatoms. The molecule has 1 N–H and O–H groups in total. The summed E-state index contributed by atoms with van der Waals surface area (Å²) in [5.41, 5.74) is 1.93. The molecule has 0 spiro atoms. The molecule has 0 saturated carbocycles. The summed E-state index contributed by atoms with van der Waals surface area (Å²) in [5.74, 6) is 1.11. The number of rotatable bonds is 4. The molecule has 128 valence electrons. The molecule has 0 fully saturated rings. The number of hydrogen-bond donors (Lipinski definition) is 1. The Hall–Kier alpha value is -2.96. The zero-order valence-corrected chi connectivity index (χ0v) is 14.1. The first-order valence-electron chi connectivity index (χ1n) is 8.55. The number of aromatic nitrogens is 5. The maximum Gasteiger partial charge on any atom is 0.289 e. The van der Waals surface area contributed by atoms with Crippen molar-refractivity contribution in [3.05, 3.63) is 59.9 Å². The van der Waals surface area contributed by atoms with Crippen LogP contribution in [0.4, 0.5) is 0 Å². The summed E-state index contributed by atoms with van der Waals surface area (Å²) in [6, 6.07) is 9.72. The summed E-state index contributed by atoms with van der Waals surface area (Å²) in [7, 11) is 0. The van der Waals surface area contributed by atoms with Gasteiger partial charge in [0, 0.05) is 24.7 Å². The molecule has 7 nitrogen and oxygen atoms in total. The van der Waals surface area contributed by atoms with E-state index in [1.807, 2.05) is 48.0 Å². The monoisotopic (exact) mass is 336 g/mol. The Labute approximate surface area is 145 Å². The van der Waals surface area contributed by atoms with Crippen molar-refractivity contribution in [2.75, 3.05) is 0 Å². The van der Waals surface area contributed by atoms with E-state index < -0.39 is 0 Å². The minimum absolute atomic E-state index is 0.165. The van der Waals surface area contributed by atoms with E-state index in [1.54, 1.807) is 10.9 Å². The van der Waals surface area contributed by atoms with Crippen LogP contribution < -0.4 is 5.32 Å². The minimum Gasteiger partial charge on any atom is -0.343 e. The predicted octanol–water partition coefficient (Wildman–Crippen LogP) is 2.29. The standard InChI is InChI=1S/C18H20N6O/c1-13(14-11-19-24(12-14)15-7-3-2-4-8-15)20-18(25)17-22-21-16-9-5-6-10-23(16)17/h2-4,7-8,11-13H,5-6,9-10H2,1H3,(H,20,25). The van der Waals surface area contributed by atoms with E-state index in [9.17, 15) is 4.79 Å². The summed E-state index contributed by atoms with van der Waals surface area (Å²) in [5, 5.41) is 15.6. The Balaban J connectivity index is 1.49. The van der Waals surface area contributed by atoms with Gasteiger partial charge in [0.25, 0.3) is 5.91 Å². The van der Waals surface area contributed by atoms with Crippen LogP contribution in [0.3, 0.4) is 0 Å². The van der Waals surface area contributed by atoms with Crippen LogP contribution in [-0.2, 0) is 13.0 Å². The van der Waals surface area contributed by atoms with E-state index in [2.05, 4.69) is 20.6 Å². The maximum atomic E-state index is 12.6. The highest BCUT2D eigenvalue weighted by atomic mass is 16.2. The Morgan fingerprint density at radius 1 is 1.20 bits per heavy atom. The van der Waals surface area contributed by atoms with Gasteiger partial charge in [-0.2, -0.15) is 5.10 Å². The number of amides is 1. The highest BCUT2D eigenvalue weighted by Crippen LogP contribution is 2.17. The molecule has 1 atom stereocenters. The van der Waals surface area contributed by atoms with Crippen molar-refractivity contribution in [1.82, 2.24) is 29.9 Å². The van der Waals surface area contributed by atoms with E-state index in [-0.39, 0.29) is 11.9 Å². The van der Waals surface area contributed by atoms with Crippen molar-refractivity contribution in [1.29, 1.82) is 0 Å². The second kappa shape index (κ2) is 6.51. The zero-order valence-electron chi connectivity index (χ0n) is 14.1. The molecule has 25 heavy (non-hydrogen) atoms. The number of nitrogens with zero attached hydrogens (tertiary/aromatic N) is 5. The van der Waals surface area contributed by atoms with Gasteiger partial charge in [-0.25, -0.2) is 4.68 Å². The fourth-order valence-corrected chi connectivity index (χ4v) is 3.10. The van der Waals surface area contributed by atoms with Gasteiger partial charge in [0.2, 0.25) is 5.82 Å². The molecule has 0 aliphatic carbocycles.